The number of para-hydroxylation sites is 2. The number of sulfonamides is 1. The van der Waals surface area contributed by atoms with Crippen LogP contribution >= 0.6 is 0 Å². The van der Waals surface area contributed by atoms with Crippen molar-refractivity contribution in [2.75, 3.05) is 32.2 Å². The van der Waals surface area contributed by atoms with Gasteiger partial charge in [0.1, 0.15) is 24.1 Å². The Labute approximate surface area is 224 Å². The van der Waals surface area contributed by atoms with E-state index in [1.165, 1.54) is 50.7 Å². The van der Waals surface area contributed by atoms with Crippen LogP contribution < -0.4 is 23.7 Å². The molecule has 0 saturated heterocycles. The van der Waals surface area contributed by atoms with E-state index < -0.39 is 10.0 Å². The summed E-state index contributed by atoms with van der Waals surface area (Å²) in [6.45, 7) is -0.530. The highest BCUT2D eigenvalue weighted by atomic mass is 32.2. The van der Waals surface area contributed by atoms with E-state index in [4.69, 9.17) is 18.9 Å². The minimum absolute atomic E-state index is 0.0154. The number of aromatic nitrogens is 3. The fourth-order valence-electron chi connectivity index (χ4n) is 3.35. The zero-order valence-electron chi connectivity index (χ0n) is 20.9. The third-order valence-corrected chi connectivity index (χ3v) is 6.53. The van der Waals surface area contributed by atoms with Gasteiger partial charge >= 0.3 is 0 Å². The highest BCUT2D eigenvalue weighted by Gasteiger charge is 2.25. The summed E-state index contributed by atoms with van der Waals surface area (Å²) in [5.41, 5.74) is 0.466. The summed E-state index contributed by atoms with van der Waals surface area (Å²) >= 11 is 0. The maximum Gasteiger partial charge on any atom is 0.263 e. The normalized spacial score (nSPS) is 10.8. The first-order valence-electron chi connectivity index (χ1n) is 11.4. The second kappa shape index (κ2) is 12.1. The van der Waals surface area contributed by atoms with E-state index in [0.717, 1.165) is 0 Å². The van der Waals surface area contributed by atoms with Crippen LogP contribution in [0.15, 0.2) is 71.8 Å². The number of rotatable bonds is 11. The Morgan fingerprint density at radius 3 is 2.41 bits per heavy atom. The topological polar surface area (TPSA) is 166 Å². The number of nitrogens with zero attached hydrogens (tertiary/aromatic N) is 4. The van der Waals surface area contributed by atoms with Gasteiger partial charge in [0.2, 0.25) is 5.75 Å². The number of ether oxygens (including phenoxy) is 4. The standard InChI is InChI=1S/C26H23N5O7S/c1-35-19-7-9-20(10-8-19)39(33,34)31-25-23(38-22-6-4-3-5-21(22)36-2)26(37-14-13-32)30-24(29-25)17-11-12-28-18(15-17)16-27/h3-12,15,32H,13-14H2,1-2H3,(H,29,30,31). The fourth-order valence-corrected chi connectivity index (χ4v) is 4.35. The number of benzene rings is 2. The molecule has 0 amide bonds. The third kappa shape index (κ3) is 6.32. The van der Waals surface area contributed by atoms with E-state index in [0.29, 0.717) is 17.1 Å². The zero-order valence-corrected chi connectivity index (χ0v) is 21.7. The summed E-state index contributed by atoms with van der Waals surface area (Å²) in [7, 11) is -1.27. The second-order valence-corrected chi connectivity index (χ2v) is 9.36. The van der Waals surface area contributed by atoms with Crippen molar-refractivity contribution in [2.24, 2.45) is 0 Å². The third-order valence-electron chi connectivity index (χ3n) is 5.18. The predicted molar refractivity (Wildman–Crippen MR) is 139 cm³/mol. The van der Waals surface area contributed by atoms with Crippen LogP contribution in [-0.4, -0.2) is 55.9 Å². The van der Waals surface area contributed by atoms with Gasteiger partial charge in [-0.05, 0) is 48.5 Å². The monoisotopic (exact) mass is 549 g/mol. The van der Waals surface area contributed by atoms with Crippen LogP contribution in [-0.2, 0) is 10.0 Å². The largest absolute Gasteiger partial charge is 0.497 e. The van der Waals surface area contributed by atoms with E-state index in [2.05, 4.69) is 19.7 Å². The number of hydrogen-bond acceptors (Lipinski definition) is 11. The molecule has 0 aliphatic carbocycles. The first-order chi connectivity index (χ1) is 18.9. The lowest BCUT2D eigenvalue weighted by Gasteiger charge is -2.18. The first kappa shape index (κ1) is 27.1. The number of aliphatic hydroxyl groups excluding tert-OH is 1. The molecule has 2 N–H and O–H groups in total. The highest BCUT2D eigenvalue weighted by molar-refractivity contribution is 7.92. The molecular weight excluding hydrogens is 526 g/mol. The van der Waals surface area contributed by atoms with Crippen LogP contribution in [0.1, 0.15) is 5.69 Å². The molecular formula is C26H23N5O7S. The molecule has 4 aromatic rings. The maximum atomic E-state index is 13.4. The highest BCUT2D eigenvalue weighted by Crippen LogP contribution is 2.41. The molecule has 0 radical (unpaired) electrons. The van der Waals surface area contributed by atoms with Gasteiger partial charge in [-0.1, -0.05) is 12.1 Å². The van der Waals surface area contributed by atoms with Crippen molar-refractivity contribution in [3.63, 3.8) is 0 Å². The Kier molecular flexibility index (Phi) is 8.40. The summed E-state index contributed by atoms with van der Waals surface area (Å²) in [4.78, 5) is 12.7. The molecule has 0 bridgehead atoms. The lowest BCUT2D eigenvalue weighted by Crippen LogP contribution is -2.16. The Balaban J connectivity index is 1.89. The number of nitriles is 1. The SMILES string of the molecule is COc1ccc(S(=O)(=O)Nc2nc(-c3ccnc(C#N)c3)nc(OCCO)c2Oc2ccccc2OC)cc1. The molecule has 0 aliphatic heterocycles. The predicted octanol–water partition coefficient (Wildman–Crippen LogP) is 3.39. The molecule has 39 heavy (non-hydrogen) atoms. The molecule has 0 aliphatic rings. The van der Waals surface area contributed by atoms with E-state index in [-0.39, 0.29) is 52.8 Å². The Hall–Kier alpha value is -4.93. The Bertz CT molecular complexity index is 1610. The Morgan fingerprint density at radius 1 is 1.00 bits per heavy atom. The van der Waals surface area contributed by atoms with Crippen LogP contribution in [0.25, 0.3) is 11.4 Å². The lowest BCUT2D eigenvalue weighted by molar-refractivity contribution is 0.192. The van der Waals surface area contributed by atoms with Crippen LogP contribution in [0, 0.1) is 11.3 Å². The average Bonchev–Trinajstić information content (AvgIpc) is 2.97. The van der Waals surface area contributed by atoms with Gasteiger partial charge in [-0.15, -0.1) is 0 Å². The minimum atomic E-state index is -4.19. The van der Waals surface area contributed by atoms with Crippen molar-refractivity contribution in [3.8, 4) is 46.3 Å². The summed E-state index contributed by atoms with van der Waals surface area (Å²) in [6, 6.07) is 17.4. The summed E-state index contributed by atoms with van der Waals surface area (Å²) in [6.07, 6.45) is 1.39. The fraction of sp³-hybridized carbons (Fsp3) is 0.154. The second-order valence-electron chi connectivity index (χ2n) is 7.68. The van der Waals surface area contributed by atoms with Gasteiger partial charge in [-0.2, -0.15) is 10.2 Å². The van der Waals surface area contributed by atoms with Crippen molar-refractivity contribution >= 4 is 15.8 Å². The van der Waals surface area contributed by atoms with E-state index in [9.17, 15) is 18.8 Å². The van der Waals surface area contributed by atoms with Gasteiger partial charge in [0.05, 0.1) is 25.7 Å². The number of aliphatic hydroxyl groups is 1. The van der Waals surface area contributed by atoms with Crippen LogP contribution in [0.2, 0.25) is 0 Å². The summed E-state index contributed by atoms with van der Waals surface area (Å²) in [5, 5.41) is 18.7. The molecule has 0 atom stereocenters. The van der Waals surface area contributed by atoms with Crippen molar-refractivity contribution in [1.29, 1.82) is 5.26 Å². The average molecular weight is 550 g/mol. The number of methoxy groups -OCH3 is 2. The van der Waals surface area contributed by atoms with Crippen molar-refractivity contribution in [3.05, 3.63) is 72.6 Å². The van der Waals surface area contributed by atoms with Crippen molar-refractivity contribution in [2.45, 2.75) is 4.90 Å². The molecule has 200 valence electrons. The summed E-state index contributed by atoms with van der Waals surface area (Å²) in [5.74, 6) is 0.471. The first-order valence-corrected chi connectivity index (χ1v) is 12.9. The molecule has 13 heteroatoms. The van der Waals surface area contributed by atoms with Crippen molar-refractivity contribution < 1.29 is 32.5 Å². The molecule has 0 unspecified atom stereocenters. The molecule has 2 aromatic carbocycles. The van der Waals surface area contributed by atoms with Crippen LogP contribution in [0.3, 0.4) is 0 Å². The minimum Gasteiger partial charge on any atom is -0.497 e. The van der Waals surface area contributed by atoms with E-state index in [1.54, 1.807) is 30.3 Å². The maximum absolute atomic E-state index is 13.4. The molecule has 4 rings (SSSR count). The number of anilines is 1. The number of nitrogens with one attached hydrogen (secondary N) is 1. The van der Waals surface area contributed by atoms with Gasteiger partial charge in [0.15, 0.2) is 23.1 Å². The number of pyridine rings is 1. The van der Waals surface area contributed by atoms with Gasteiger partial charge in [0, 0.05) is 11.8 Å². The number of hydrogen-bond donors (Lipinski definition) is 2. The van der Waals surface area contributed by atoms with E-state index >= 15 is 0 Å². The molecule has 12 nitrogen and oxygen atoms in total. The quantitative estimate of drug-likeness (QED) is 0.281. The van der Waals surface area contributed by atoms with Gasteiger partial charge in [0.25, 0.3) is 15.9 Å². The molecule has 2 aromatic heterocycles. The van der Waals surface area contributed by atoms with Gasteiger partial charge < -0.3 is 24.1 Å². The molecule has 0 fully saturated rings. The van der Waals surface area contributed by atoms with E-state index in [1.807, 2.05) is 6.07 Å². The zero-order chi connectivity index (χ0) is 27.8. The lowest BCUT2D eigenvalue weighted by atomic mass is 10.2. The molecule has 0 spiro atoms. The van der Waals surface area contributed by atoms with Gasteiger partial charge in [-0.25, -0.2) is 18.4 Å². The Morgan fingerprint density at radius 2 is 1.74 bits per heavy atom. The van der Waals surface area contributed by atoms with Crippen molar-refractivity contribution in [1.82, 2.24) is 15.0 Å². The van der Waals surface area contributed by atoms with Gasteiger partial charge in [-0.3, -0.25) is 4.72 Å². The van der Waals surface area contributed by atoms with Crippen LogP contribution in [0.4, 0.5) is 5.82 Å². The van der Waals surface area contributed by atoms with Crippen LogP contribution in [0.5, 0.6) is 28.9 Å². The smallest absolute Gasteiger partial charge is 0.263 e. The summed E-state index contributed by atoms with van der Waals surface area (Å²) < 4.78 is 51.4. The molecule has 2 heterocycles. The molecule has 0 saturated carbocycles.